The molecular formula is C18H21N3O2. The molecule has 1 aromatic heterocycles. The van der Waals surface area contributed by atoms with E-state index in [-0.39, 0.29) is 18.1 Å². The Morgan fingerprint density at radius 3 is 3.17 bits per heavy atom. The van der Waals surface area contributed by atoms with Crippen LogP contribution in [0.1, 0.15) is 23.7 Å². The van der Waals surface area contributed by atoms with Crippen LogP contribution in [0, 0.1) is 0 Å². The Labute approximate surface area is 135 Å². The lowest BCUT2D eigenvalue weighted by Gasteiger charge is -2.33. The molecule has 3 atom stereocenters. The van der Waals surface area contributed by atoms with Crippen LogP contribution in [0.25, 0.3) is 10.9 Å². The molecule has 4 rings (SSSR count). The summed E-state index contributed by atoms with van der Waals surface area (Å²) in [5.41, 5.74) is 1.60. The number of carbonyl (C=O) groups is 1. The van der Waals surface area contributed by atoms with E-state index in [1.165, 1.54) is 0 Å². The summed E-state index contributed by atoms with van der Waals surface area (Å²) in [6, 6.07) is 10.2. The van der Waals surface area contributed by atoms with Crippen LogP contribution in [0.3, 0.4) is 0 Å². The molecule has 2 fully saturated rings. The average molecular weight is 311 g/mol. The third-order valence-electron chi connectivity index (χ3n) is 4.79. The van der Waals surface area contributed by atoms with Gasteiger partial charge in [-0.15, -0.1) is 0 Å². The second-order valence-electron chi connectivity index (χ2n) is 6.57. The van der Waals surface area contributed by atoms with Crippen LogP contribution < -0.4 is 5.32 Å². The summed E-state index contributed by atoms with van der Waals surface area (Å²) in [6.45, 7) is 4.75. The fourth-order valence-electron chi connectivity index (χ4n) is 3.63. The standard InChI is InChI=1S/C18H21N3O2/c1-12-9-21-10-15(8-16(21)11-23-12)20-18(22)14-4-5-17-13(7-14)3-2-6-19-17/h2-7,12,15-16H,8-11H2,1H3,(H,20,22)/t12-,15+,16+/m1/s1. The maximum Gasteiger partial charge on any atom is 0.251 e. The molecule has 2 aliphatic heterocycles. The molecule has 120 valence electrons. The first-order valence-corrected chi connectivity index (χ1v) is 8.20. The van der Waals surface area contributed by atoms with E-state index in [2.05, 4.69) is 22.1 Å². The average Bonchev–Trinajstić information content (AvgIpc) is 2.95. The number of hydrogen-bond acceptors (Lipinski definition) is 4. The van der Waals surface area contributed by atoms with Crippen molar-refractivity contribution in [2.24, 2.45) is 0 Å². The molecule has 1 aromatic carbocycles. The van der Waals surface area contributed by atoms with Crippen molar-refractivity contribution in [3.8, 4) is 0 Å². The van der Waals surface area contributed by atoms with Crippen molar-refractivity contribution < 1.29 is 9.53 Å². The van der Waals surface area contributed by atoms with E-state index in [1.807, 2.05) is 30.3 Å². The molecule has 3 heterocycles. The van der Waals surface area contributed by atoms with Crippen molar-refractivity contribution >= 4 is 16.8 Å². The normalized spacial score (nSPS) is 27.8. The van der Waals surface area contributed by atoms with E-state index < -0.39 is 0 Å². The molecule has 23 heavy (non-hydrogen) atoms. The molecule has 0 radical (unpaired) electrons. The van der Waals surface area contributed by atoms with E-state index >= 15 is 0 Å². The second kappa shape index (κ2) is 5.91. The molecule has 1 N–H and O–H groups in total. The number of nitrogens with one attached hydrogen (secondary N) is 1. The lowest BCUT2D eigenvalue weighted by molar-refractivity contribution is -0.0390. The minimum Gasteiger partial charge on any atom is -0.376 e. The monoisotopic (exact) mass is 311 g/mol. The predicted molar refractivity (Wildman–Crippen MR) is 88.4 cm³/mol. The third kappa shape index (κ3) is 2.94. The van der Waals surface area contributed by atoms with Gasteiger partial charge in [0, 0.05) is 42.3 Å². The van der Waals surface area contributed by atoms with Gasteiger partial charge < -0.3 is 10.1 Å². The fourth-order valence-corrected chi connectivity index (χ4v) is 3.63. The van der Waals surface area contributed by atoms with Crippen molar-refractivity contribution in [3.63, 3.8) is 0 Å². The fraction of sp³-hybridized carbons (Fsp3) is 0.444. The number of rotatable bonds is 2. The number of nitrogens with zero attached hydrogens (tertiary/aromatic N) is 2. The summed E-state index contributed by atoms with van der Waals surface area (Å²) in [5, 5.41) is 4.17. The highest BCUT2D eigenvalue weighted by Gasteiger charge is 2.36. The van der Waals surface area contributed by atoms with E-state index in [9.17, 15) is 4.79 Å². The molecular weight excluding hydrogens is 290 g/mol. The molecule has 0 aliphatic carbocycles. The van der Waals surface area contributed by atoms with Crippen LogP contribution >= 0.6 is 0 Å². The summed E-state index contributed by atoms with van der Waals surface area (Å²) in [4.78, 5) is 19.3. The van der Waals surface area contributed by atoms with Crippen LogP contribution in [0.2, 0.25) is 0 Å². The Kier molecular flexibility index (Phi) is 3.75. The summed E-state index contributed by atoms with van der Waals surface area (Å²) in [5.74, 6) is -0.00503. The van der Waals surface area contributed by atoms with Gasteiger partial charge in [0.05, 0.1) is 18.2 Å². The van der Waals surface area contributed by atoms with Crippen LogP contribution in [-0.4, -0.2) is 53.7 Å². The first-order chi connectivity index (χ1) is 11.2. The van der Waals surface area contributed by atoms with Crippen molar-refractivity contribution in [1.82, 2.24) is 15.2 Å². The molecule has 2 aromatic rings. The first-order valence-electron chi connectivity index (χ1n) is 8.20. The number of fused-ring (bicyclic) bond motifs is 2. The molecule has 1 amide bonds. The van der Waals surface area contributed by atoms with Gasteiger partial charge >= 0.3 is 0 Å². The van der Waals surface area contributed by atoms with E-state index in [0.29, 0.717) is 11.6 Å². The minimum atomic E-state index is -0.00503. The molecule has 2 aliphatic rings. The third-order valence-corrected chi connectivity index (χ3v) is 4.79. The minimum absolute atomic E-state index is 0.00503. The maximum absolute atomic E-state index is 12.5. The van der Waals surface area contributed by atoms with Crippen LogP contribution in [0.4, 0.5) is 0 Å². The zero-order valence-electron chi connectivity index (χ0n) is 13.2. The number of benzene rings is 1. The maximum atomic E-state index is 12.5. The Hall–Kier alpha value is -1.98. The topological polar surface area (TPSA) is 54.5 Å². The molecule has 0 spiro atoms. The largest absolute Gasteiger partial charge is 0.376 e. The number of carbonyl (C=O) groups excluding carboxylic acids is 1. The molecule has 0 bridgehead atoms. The molecule has 5 heteroatoms. The van der Waals surface area contributed by atoms with E-state index in [0.717, 1.165) is 37.0 Å². The van der Waals surface area contributed by atoms with Gasteiger partial charge in [-0.1, -0.05) is 6.07 Å². The zero-order valence-corrected chi connectivity index (χ0v) is 13.2. The molecule has 5 nitrogen and oxygen atoms in total. The number of ether oxygens (including phenoxy) is 1. The highest BCUT2D eigenvalue weighted by atomic mass is 16.5. The quantitative estimate of drug-likeness (QED) is 0.919. The van der Waals surface area contributed by atoms with Gasteiger partial charge in [-0.3, -0.25) is 14.7 Å². The Balaban J connectivity index is 1.45. The SMILES string of the molecule is C[C@@H]1CN2C[C@@H](NC(=O)c3ccc4ncccc4c3)C[C@H]2CO1. The number of aromatic nitrogens is 1. The smallest absolute Gasteiger partial charge is 0.251 e. The van der Waals surface area contributed by atoms with Gasteiger partial charge in [0.15, 0.2) is 0 Å². The Morgan fingerprint density at radius 1 is 1.35 bits per heavy atom. The summed E-state index contributed by atoms with van der Waals surface area (Å²) >= 11 is 0. The van der Waals surface area contributed by atoms with E-state index in [4.69, 9.17) is 4.74 Å². The van der Waals surface area contributed by atoms with Gasteiger partial charge in [0.1, 0.15) is 0 Å². The molecule has 0 saturated carbocycles. The predicted octanol–water partition coefficient (Wildman–Crippen LogP) is 1.83. The zero-order chi connectivity index (χ0) is 15.8. The molecule has 0 unspecified atom stereocenters. The second-order valence-corrected chi connectivity index (χ2v) is 6.57. The van der Waals surface area contributed by atoms with Crippen LogP contribution in [0.15, 0.2) is 36.5 Å². The molecule has 2 saturated heterocycles. The van der Waals surface area contributed by atoms with Crippen molar-refractivity contribution in [2.75, 3.05) is 19.7 Å². The van der Waals surface area contributed by atoms with E-state index in [1.54, 1.807) is 6.20 Å². The van der Waals surface area contributed by atoms with Gasteiger partial charge in [-0.05, 0) is 37.6 Å². The lowest BCUT2D eigenvalue weighted by Crippen LogP contribution is -2.45. The van der Waals surface area contributed by atoms with Gasteiger partial charge in [-0.25, -0.2) is 0 Å². The lowest BCUT2D eigenvalue weighted by atomic mass is 10.1. The summed E-state index contributed by atoms with van der Waals surface area (Å²) < 4.78 is 5.72. The number of morpholine rings is 1. The van der Waals surface area contributed by atoms with Gasteiger partial charge in [0.25, 0.3) is 5.91 Å². The van der Waals surface area contributed by atoms with Crippen LogP contribution in [-0.2, 0) is 4.74 Å². The van der Waals surface area contributed by atoms with Crippen LogP contribution in [0.5, 0.6) is 0 Å². The van der Waals surface area contributed by atoms with Gasteiger partial charge in [-0.2, -0.15) is 0 Å². The van der Waals surface area contributed by atoms with Crippen molar-refractivity contribution in [1.29, 1.82) is 0 Å². The Morgan fingerprint density at radius 2 is 2.26 bits per heavy atom. The number of amides is 1. The summed E-state index contributed by atoms with van der Waals surface area (Å²) in [7, 11) is 0. The van der Waals surface area contributed by atoms with Crippen molar-refractivity contribution in [2.45, 2.75) is 31.5 Å². The first kappa shape index (κ1) is 14.6. The number of hydrogen-bond donors (Lipinski definition) is 1. The Bertz CT molecular complexity index is 733. The van der Waals surface area contributed by atoms with Gasteiger partial charge in [0.2, 0.25) is 0 Å². The highest BCUT2D eigenvalue weighted by molar-refractivity contribution is 5.98. The van der Waals surface area contributed by atoms with Crippen molar-refractivity contribution in [3.05, 3.63) is 42.1 Å². The summed E-state index contributed by atoms with van der Waals surface area (Å²) in [6.07, 6.45) is 3.02. The number of pyridine rings is 1. The highest BCUT2D eigenvalue weighted by Crippen LogP contribution is 2.23.